The van der Waals surface area contributed by atoms with Gasteiger partial charge in [0.25, 0.3) is 0 Å². The average molecular weight is 373 g/mol. The standard InChI is InChI=1S/C23H36N2O2/c1-6-20(18-14-17-19-15-12-11-13-16-19)21(22(26)24(7-2)8-3)23(27)25(9-4)10-5/h6,11-13,15-16,20-21H,1,7-10,14,17-18H2,2-5H3. The Morgan fingerprint density at radius 3 is 1.81 bits per heavy atom. The van der Waals surface area contributed by atoms with Gasteiger partial charge in [-0.25, -0.2) is 0 Å². The molecule has 1 aromatic carbocycles. The molecule has 4 nitrogen and oxygen atoms in total. The van der Waals surface area contributed by atoms with Crippen LogP contribution in [0.2, 0.25) is 0 Å². The summed E-state index contributed by atoms with van der Waals surface area (Å²) in [5.41, 5.74) is 1.28. The summed E-state index contributed by atoms with van der Waals surface area (Å²) < 4.78 is 0. The van der Waals surface area contributed by atoms with Gasteiger partial charge in [0.15, 0.2) is 0 Å². The van der Waals surface area contributed by atoms with Crippen molar-refractivity contribution in [3.05, 3.63) is 48.6 Å². The molecule has 0 aliphatic heterocycles. The molecule has 1 unspecified atom stereocenters. The molecule has 0 aromatic heterocycles. The number of rotatable bonds is 12. The topological polar surface area (TPSA) is 40.6 Å². The van der Waals surface area contributed by atoms with E-state index in [0.29, 0.717) is 26.2 Å². The molecule has 1 aromatic rings. The summed E-state index contributed by atoms with van der Waals surface area (Å²) in [7, 11) is 0. The van der Waals surface area contributed by atoms with Crippen LogP contribution in [0, 0.1) is 11.8 Å². The normalized spacial score (nSPS) is 11.9. The first kappa shape index (κ1) is 22.9. The molecule has 0 spiro atoms. The summed E-state index contributed by atoms with van der Waals surface area (Å²) >= 11 is 0. The van der Waals surface area contributed by atoms with E-state index in [1.807, 2.05) is 45.9 Å². The third-order valence-corrected chi connectivity index (χ3v) is 5.26. The van der Waals surface area contributed by atoms with E-state index >= 15 is 0 Å². The van der Waals surface area contributed by atoms with Gasteiger partial charge in [0.2, 0.25) is 11.8 Å². The van der Waals surface area contributed by atoms with Gasteiger partial charge in [-0.05, 0) is 58.4 Å². The number of allylic oxidation sites excluding steroid dienone is 1. The molecule has 1 atom stereocenters. The van der Waals surface area contributed by atoms with Crippen molar-refractivity contribution in [1.82, 2.24) is 9.80 Å². The number of aryl methyl sites for hydroxylation is 1. The first-order valence-corrected chi connectivity index (χ1v) is 10.3. The molecule has 0 heterocycles. The maximum Gasteiger partial charge on any atom is 0.235 e. The first-order chi connectivity index (χ1) is 13.0. The molecule has 1 rings (SSSR count). The Kier molecular flexibility index (Phi) is 10.5. The van der Waals surface area contributed by atoms with Crippen molar-refractivity contribution in [2.75, 3.05) is 26.2 Å². The van der Waals surface area contributed by atoms with Crippen LogP contribution >= 0.6 is 0 Å². The number of benzene rings is 1. The third-order valence-electron chi connectivity index (χ3n) is 5.26. The summed E-state index contributed by atoms with van der Waals surface area (Å²) in [4.78, 5) is 29.8. The largest absolute Gasteiger partial charge is 0.343 e. The fourth-order valence-corrected chi connectivity index (χ4v) is 3.54. The molecule has 4 heteroatoms. The van der Waals surface area contributed by atoms with E-state index in [0.717, 1.165) is 19.3 Å². The molecule has 150 valence electrons. The summed E-state index contributed by atoms with van der Waals surface area (Å²) in [6.45, 7) is 14.2. The number of hydrogen-bond donors (Lipinski definition) is 0. The maximum absolute atomic E-state index is 13.1. The third kappa shape index (κ3) is 6.53. The molecule has 0 fully saturated rings. The second kappa shape index (κ2) is 12.3. The molecular formula is C23H36N2O2. The van der Waals surface area contributed by atoms with Gasteiger partial charge in [-0.1, -0.05) is 36.4 Å². The predicted octanol–water partition coefficient (Wildman–Crippen LogP) is 4.16. The molecule has 0 N–H and O–H groups in total. The highest BCUT2D eigenvalue weighted by atomic mass is 16.2. The summed E-state index contributed by atoms with van der Waals surface area (Å²) in [6.07, 6.45) is 4.45. The van der Waals surface area contributed by atoms with Crippen molar-refractivity contribution in [3.63, 3.8) is 0 Å². The van der Waals surface area contributed by atoms with Crippen molar-refractivity contribution in [3.8, 4) is 0 Å². The Balaban J connectivity index is 2.96. The molecular weight excluding hydrogens is 336 g/mol. The van der Waals surface area contributed by atoms with Crippen LogP contribution in [0.3, 0.4) is 0 Å². The zero-order valence-electron chi connectivity index (χ0n) is 17.5. The predicted molar refractivity (Wildman–Crippen MR) is 112 cm³/mol. The van der Waals surface area contributed by atoms with Crippen LogP contribution in [0.1, 0.15) is 46.1 Å². The van der Waals surface area contributed by atoms with E-state index in [-0.39, 0.29) is 17.7 Å². The number of hydrogen-bond acceptors (Lipinski definition) is 2. The van der Waals surface area contributed by atoms with Gasteiger partial charge in [-0.3, -0.25) is 9.59 Å². The Bertz CT molecular complexity index is 553. The highest BCUT2D eigenvalue weighted by molar-refractivity contribution is 6.00. The van der Waals surface area contributed by atoms with Gasteiger partial charge >= 0.3 is 0 Å². The van der Waals surface area contributed by atoms with Gasteiger partial charge < -0.3 is 9.80 Å². The van der Waals surface area contributed by atoms with Crippen molar-refractivity contribution in [2.24, 2.45) is 11.8 Å². The van der Waals surface area contributed by atoms with Crippen LogP contribution < -0.4 is 0 Å². The Morgan fingerprint density at radius 2 is 1.41 bits per heavy atom. The fraction of sp³-hybridized carbons (Fsp3) is 0.565. The van der Waals surface area contributed by atoms with E-state index in [9.17, 15) is 9.59 Å². The van der Waals surface area contributed by atoms with E-state index < -0.39 is 5.92 Å². The minimum atomic E-state index is -0.668. The Hall–Kier alpha value is -2.10. The van der Waals surface area contributed by atoms with Gasteiger partial charge in [0.05, 0.1) is 0 Å². The van der Waals surface area contributed by atoms with Crippen LogP contribution in [0.4, 0.5) is 0 Å². The second-order valence-electron chi connectivity index (χ2n) is 6.78. The van der Waals surface area contributed by atoms with Crippen molar-refractivity contribution in [2.45, 2.75) is 47.0 Å². The molecule has 0 aliphatic rings. The van der Waals surface area contributed by atoms with E-state index in [4.69, 9.17) is 0 Å². The fourth-order valence-electron chi connectivity index (χ4n) is 3.54. The molecule has 2 amide bonds. The first-order valence-electron chi connectivity index (χ1n) is 10.3. The maximum atomic E-state index is 13.1. The molecule has 0 bridgehead atoms. The molecule has 27 heavy (non-hydrogen) atoms. The number of nitrogens with zero attached hydrogens (tertiary/aromatic N) is 2. The van der Waals surface area contributed by atoms with Gasteiger partial charge in [-0.2, -0.15) is 0 Å². The number of carbonyl (C=O) groups is 2. The highest BCUT2D eigenvalue weighted by Gasteiger charge is 2.37. The average Bonchev–Trinajstić information content (AvgIpc) is 2.69. The second-order valence-corrected chi connectivity index (χ2v) is 6.78. The van der Waals surface area contributed by atoms with E-state index in [1.165, 1.54) is 5.56 Å². The number of carbonyl (C=O) groups excluding carboxylic acids is 2. The molecule has 0 saturated heterocycles. The quantitative estimate of drug-likeness (QED) is 0.408. The summed E-state index contributed by atoms with van der Waals surface area (Å²) in [5.74, 6) is -0.948. The lowest BCUT2D eigenvalue weighted by Gasteiger charge is -2.32. The van der Waals surface area contributed by atoms with Crippen molar-refractivity contribution in [1.29, 1.82) is 0 Å². The van der Waals surface area contributed by atoms with Gasteiger partial charge in [0, 0.05) is 26.2 Å². The van der Waals surface area contributed by atoms with E-state index in [2.05, 4.69) is 18.7 Å². The molecule has 0 aliphatic carbocycles. The van der Waals surface area contributed by atoms with Crippen LogP contribution in [-0.2, 0) is 16.0 Å². The monoisotopic (exact) mass is 372 g/mol. The smallest absolute Gasteiger partial charge is 0.235 e. The van der Waals surface area contributed by atoms with Gasteiger partial charge in [-0.15, -0.1) is 6.58 Å². The SMILES string of the molecule is C=CC(CCCc1ccccc1)C(C(=O)N(CC)CC)C(=O)N(CC)CC. The highest BCUT2D eigenvalue weighted by Crippen LogP contribution is 2.25. The Morgan fingerprint density at radius 1 is 0.926 bits per heavy atom. The van der Waals surface area contributed by atoms with Crippen LogP contribution in [0.25, 0.3) is 0 Å². The molecule has 0 radical (unpaired) electrons. The number of amides is 2. The summed E-state index contributed by atoms with van der Waals surface area (Å²) in [5, 5.41) is 0. The minimum absolute atomic E-state index is 0.0680. The zero-order chi connectivity index (χ0) is 20.2. The van der Waals surface area contributed by atoms with Crippen LogP contribution in [0.15, 0.2) is 43.0 Å². The minimum Gasteiger partial charge on any atom is -0.343 e. The summed E-state index contributed by atoms with van der Waals surface area (Å²) in [6, 6.07) is 10.3. The van der Waals surface area contributed by atoms with Crippen molar-refractivity contribution < 1.29 is 9.59 Å². The van der Waals surface area contributed by atoms with Crippen LogP contribution in [0.5, 0.6) is 0 Å². The zero-order valence-corrected chi connectivity index (χ0v) is 17.5. The van der Waals surface area contributed by atoms with Crippen molar-refractivity contribution >= 4 is 11.8 Å². The lowest BCUT2D eigenvalue weighted by Crippen LogP contribution is -2.48. The molecule has 0 saturated carbocycles. The Labute approximate surface area is 165 Å². The van der Waals surface area contributed by atoms with Crippen LogP contribution in [-0.4, -0.2) is 47.8 Å². The lowest BCUT2D eigenvalue weighted by atomic mass is 9.85. The lowest BCUT2D eigenvalue weighted by molar-refractivity contribution is -0.148. The van der Waals surface area contributed by atoms with E-state index in [1.54, 1.807) is 15.9 Å². The van der Waals surface area contributed by atoms with Gasteiger partial charge in [0.1, 0.15) is 5.92 Å².